The zero-order valence-corrected chi connectivity index (χ0v) is 10.2. The van der Waals surface area contributed by atoms with Crippen LogP contribution in [0, 0.1) is 19.8 Å². The maximum Gasteiger partial charge on any atom is 0.0626 e. The van der Waals surface area contributed by atoms with Gasteiger partial charge in [0, 0.05) is 9.75 Å². The van der Waals surface area contributed by atoms with E-state index in [0.717, 1.165) is 12.5 Å². The van der Waals surface area contributed by atoms with Crippen LogP contribution < -0.4 is 5.32 Å². The van der Waals surface area contributed by atoms with Crippen molar-refractivity contribution in [1.82, 2.24) is 5.32 Å². The lowest BCUT2D eigenvalue weighted by Crippen LogP contribution is -2.26. The molecule has 84 valence electrons. The Morgan fingerprint density at radius 1 is 1.53 bits per heavy atom. The molecule has 2 nitrogen and oxygen atoms in total. The van der Waals surface area contributed by atoms with Crippen LogP contribution in [0.15, 0.2) is 6.07 Å². The molecule has 0 aromatic carbocycles. The molecular weight excluding hydrogens is 206 g/mol. The molecule has 1 aromatic heterocycles. The van der Waals surface area contributed by atoms with Crippen LogP contribution in [0.2, 0.25) is 0 Å². The molecule has 1 heterocycles. The van der Waals surface area contributed by atoms with Gasteiger partial charge >= 0.3 is 0 Å². The number of aliphatic hydroxyl groups excluding tert-OH is 1. The third-order valence-electron chi connectivity index (χ3n) is 2.99. The van der Waals surface area contributed by atoms with E-state index in [1.54, 1.807) is 0 Å². The quantitative estimate of drug-likeness (QED) is 0.806. The minimum Gasteiger partial charge on any atom is -0.394 e. The van der Waals surface area contributed by atoms with Crippen LogP contribution in [0.1, 0.15) is 34.2 Å². The van der Waals surface area contributed by atoms with Gasteiger partial charge in [-0.3, -0.25) is 0 Å². The Bertz CT molecular complexity index is 330. The molecule has 1 aromatic rings. The van der Waals surface area contributed by atoms with Crippen LogP contribution in [-0.2, 0) is 0 Å². The number of aliphatic hydroxyl groups is 1. The number of rotatable bonds is 5. The van der Waals surface area contributed by atoms with E-state index in [4.69, 9.17) is 0 Å². The normalized spacial score (nSPS) is 18.1. The number of hydrogen-bond acceptors (Lipinski definition) is 3. The van der Waals surface area contributed by atoms with Crippen molar-refractivity contribution in [2.24, 2.45) is 5.92 Å². The number of hydrogen-bond donors (Lipinski definition) is 2. The molecule has 1 aliphatic carbocycles. The molecular formula is C12H19NOS. The summed E-state index contributed by atoms with van der Waals surface area (Å²) in [6, 6.07) is 2.33. The first-order valence-electron chi connectivity index (χ1n) is 5.62. The highest BCUT2D eigenvalue weighted by Crippen LogP contribution is 2.30. The summed E-state index contributed by atoms with van der Waals surface area (Å²) in [5.74, 6) is 0.860. The van der Waals surface area contributed by atoms with E-state index in [1.807, 2.05) is 11.3 Å². The summed E-state index contributed by atoms with van der Waals surface area (Å²) >= 11 is 1.81. The summed E-state index contributed by atoms with van der Waals surface area (Å²) < 4.78 is 0. The summed E-state index contributed by atoms with van der Waals surface area (Å²) in [7, 11) is 0. The molecule has 0 bridgehead atoms. The average Bonchev–Trinajstić information content (AvgIpc) is 2.95. The fraction of sp³-hybridized carbons (Fsp3) is 0.667. The summed E-state index contributed by atoms with van der Waals surface area (Å²) in [6.45, 7) is 5.51. The van der Waals surface area contributed by atoms with Crippen molar-refractivity contribution in [1.29, 1.82) is 0 Å². The van der Waals surface area contributed by atoms with E-state index < -0.39 is 0 Å². The van der Waals surface area contributed by atoms with Gasteiger partial charge in [0.25, 0.3) is 0 Å². The summed E-state index contributed by atoms with van der Waals surface area (Å²) in [6.07, 6.45) is 2.71. The molecule has 2 N–H and O–H groups in total. The highest BCUT2D eigenvalue weighted by atomic mass is 32.1. The van der Waals surface area contributed by atoms with Crippen LogP contribution >= 0.6 is 11.3 Å². The van der Waals surface area contributed by atoms with Gasteiger partial charge in [-0.05, 0) is 50.8 Å². The average molecular weight is 225 g/mol. The Morgan fingerprint density at radius 2 is 2.27 bits per heavy atom. The SMILES string of the molecule is Cc1cc(C(CO)NCC2CC2)c(C)s1. The Kier molecular flexibility index (Phi) is 3.44. The van der Waals surface area contributed by atoms with Crippen LogP contribution in [0.5, 0.6) is 0 Å². The van der Waals surface area contributed by atoms with Gasteiger partial charge in [0.1, 0.15) is 0 Å². The Morgan fingerprint density at radius 3 is 2.73 bits per heavy atom. The predicted octanol–water partition coefficient (Wildman–Crippen LogP) is 2.40. The second-order valence-electron chi connectivity index (χ2n) is 4.46. The van der Waals surface area contributed by atoms with Gasteiger partial charge in [0.05, 0.1) is 12.6 Å². The van der Waals surface area contributed by atoms with Gasteiger partial charge in [-0.15, -0.1) is 11.3 Å². The highest BCUT2D eigenvalue weighted by molar-refractivity contribution is 7.12. The molecule has 0 amide bonds. The third-order valence-corrected chi connectivity index (χ3v) is 3.97. The van der Waals surface area contributed by atoms with Crippen molar-refractivity contribution < 1.29 is 5.11 Å². The monoisotopic (exact) mass is 225 g/mol. The number of thiophene rings is 1. The molecule has 0 spiro atoms. The molecule has 1 fully saturated rings. The summed E-state index contributed by atoms with van der Waals surface area (Å²) in [5.41, 5.74) is 1.28. The number of aryl methyl sites for hydroxylation is 2. The first kappa shape index (κ1) is 11.1. The molecule has 1 saturated carbocycles. The van der Waals surface area contributed by atoms with E-state index in [1.165, 1.54) is 28.2 Å². The zero-order valence-electron chi connectivity index (χ0n) is 9.42. The van der Waals surface area contributed by atoms with Gasteiger partial charge < -0.3 is 10.4 Å². The van der Waals surface area contributed by atoms with Crippen molar-refractivity contribution in [3.63, 3.8) is 0 Å². The Hall–Kier alpha value is -0.380. The van der Waals surface area contributed by atoms with Crippen molar-refractivity contribution in [3.05, 3.63) is 21.4 Å². The molecule has 3 heteroatoms. The van der Waals surface area contributed by atoms with Crippen molar-refractivity contribution in [2.45, 2.75) is 32.7 Å². The third kappa shape index (κ3) is 2.80. The first-order chi connectivity index (χ1) is 7.20. The molecule has 1 atom stereocenters. The topological polar surface area (TPSA) is 32.3 Å². The van der Waals surface area contributed by atoms with Crippen molar-refractivity contribution in [2.75, 3.05) is 13.2 Å². The highest BCUT2D eigenvalue weighted by Gasteiger charge is 2.23. The number of nitrogens with one attached hydrogen (secondary N) is 1. The lowest BCUT2D eigenvalue weighted by molar-refractivity contribution is 0.243. The maximum atomic E-state index is 9.39. The molecule has 2 rings (SSSR count). The maximum absolute atomic E-state index is 9.39. The zero-order chi connectivity index (χ0) is 10.8. The molecule has 1 aliphatic rings. The van der Waals surface area contributed by atoms with Crippen LogP contribution in [-0.4, -0.2) is 18.3 Å². The van der Waals surface area contributed by atoms with Crippen molar-refractivity contribution >= 4 is 11.3 Å². The molecule has 15 heavy (non-hydrogen) atoms. The van der Waals surface area contributed by atoms with E-state index in [2.05, 4.69) is 25.2 Å². The largest absolute Gasteiger partial charge is 0.394 e. The molecule has 1 unspecified atom stereocenters. The second kappa shape index (κ2) is 4.64. The van der Waals surface area contributed by atoms with Crippen LogP contribution in [0.3, 0.4) is 0 Å². The molecule has 0 radical (unpaired) electrons. The lowest BCUT2D eigenvalue weighted by atomic mass is 10.1. The Balaban J connectivity index is 2.00. The van der Waals surface area contributed by atoms with E-state index in [9.17, 15) is 5.11 Å². The summed E-state index contributed by atoms with van der Waals surface area (Å²) in [5, 5.41) is 12.8. The lowest BCUT2D eigenvalue weighted by Gasteiger charge is -2.16. The van der Waals surface area contributed by atoms with Crippen molar-refractivity contribution in [3.8, 4) is 0 Å². The fourth-order valence-electron chi connectivity index (χ4n) is 1.90. The Labute approximate surface area is 95.3 Å². The van der Waals surface area contributed by atoms with Gasteiger partial charge in [0.15, 0.2) is 0 Å². The fourth-order valence-corrected chi connectivity index (χ4v) is 2.89. The predicted molar refractivity (Wildman–Crippen MR) is 64.3 cm³/mol. The minimum atomic E-state index is 0.135. The molecule has 0 aliphatic heterocycles. The van der Waals surface area contributed by atoms with Gasteiger partial charge in [-0.2, -0.15) is 0 Å². The van der Waals surface area contributed by atoms with Crippen LogP contribution in [0.4, 0.5) is 0 Å². The molecule has 0 saturated heterocycles. The summed E-state index contributed by atoms with van der Waals surface area (Å²) in [4.78, 5) is 2.66. The van der Waals surface area contributed by atoms with Gasteiger partial charge in [0.2, 0.25) is 0 Å². The van der Waals surface area contributed by atoms with Gasteiger partial charge in [-0.1, -0.05) is 0 Å². The first-order valence-corrected chi connectivity index (χ1v) is 6.43. The smallest absolute Gasteiger partial charge is 0.0626 e. The van der Waals surface area contributed by atoms with E-state index in [0.29, 0.717) is 0 Å². The second-order valence-corrected chi connectivity index (χ2v) is 5.92. The minimum absolute atomic E-state index is 0.135. The van der Waals surface area contributed by atoms with E-state index in [-0.39, 0.29) is 12.6 Å². The standard InChI is InChI=1S/C12H19NOS/c1-8-5-11(9(2)15-8)12(7-14)13-6-10-3-4-10/h5,10,12-14H,3-4,6-7H2,1-2H3. The van der Waals surface area contributed by atoms with Crippen LogP contribution in [0.25, 0.3) is 0 Å². The van der Waals surface area contributed by atoms with E-state index >= 15 is 0 Å². The van der Waals surface area contributed by atoms with Gasteiger partial charge in [-0.25, -0.2) is 0 Å².